The number of methoxy groups -OCH3 is 1. The molecule has 0 radical (unpaired) electrons. The molecule has 1 fully saturated rings. The quantitative estimate of drug-likeness (QED) is 0.863. The van der Waals surface area contributed by atoms with Crippen LogP contribution in [0.15, 0.2) is 54.6 Å². The molecule has 0 spiro atoms. The van der Waals surface area contributed by atoms with E-state index in [1.165, 1.54) is 5.56 Å². The van der Waals surface area contributed by atoms with Gasteiger partial charge in [-0.1, -0.05) is 48.5 Å². The third kappa shape index (κ3) is 3.61. The van der Waals surface area contributed by atoms with E-state index in [2.05, 4.69) is 29.6 Å². The molecule has 3 rings (SSSR count). The lowest BCUT2D eigenvalue weighted by Crippen LogP contribution is -2.41. The molecule has 3 heteroatoms. The predicted molar refractivity (Wildman–Crippen MR) is 96.1 cm³/mol. The van der Waals surface area contributed by atoms with Crippen LogP contribution in [0.25, 0.3) is 0 Å². The average molecular weight is 323 g/mol. The van der Waals surface area contributed by atoms with Crippen molar-refractivity contribution in [1.82, 2.24) is 5.32 Å². The van der Waals surface area contributed by atoms with Crippen molar-refractivity contribution in [1.29, 1.82) is 0 Å². The number of hydrogen-bond donors (Lipinski definition) is 1. The molecule has 2 aromatic rings. The summed E-state index contributed by atoms with van der Waals surface area (Å²) in [4.78, 5) is 12.5. The summed E-state index contributed by atoms with van der Waals surface area (Å²) >= 11 is 0. The molecule has 1 aliphatic carbocycles. The van der Waals surface area contributed by atoms with Crippen LogP contribution >= 0.6 is 0 Å². The molecule has 0 aromatic heterocycles. The number of rotatable bonds is 6. The van der Waals surface area contributed by atoms with Gasteiger partial charge in [0.1, 0.15) is 5.75 Å². The number of carbonyl (C=O) groups is 1. The first-order chi connectivity index (χ1) is 11.5. The Morgan fingerprint density at radius 2 is 1.79 bits per heavy atom. The maximum absolute atomic E-state index is 12.5. The second kappa shape index (κ2) is 6.68. The highest BCUT2D eigenvalue weighted by molar-refractivity contribution is 5.78. The molecule has 1 amide bonds. The minimum atomic E-state index is -0.458. The number of ether oxygens (including phenoxy) is 1. The number of carbonyl (C=O) groups excluding carboxylic acids is 1. The highest BCUT2D eigenvalue weighted by Crippen LogP contribution is 2.49. The van der Waals surface area contributed by atoms with Gasteiger partial charge in [0.2, 0.25) is 5.91 Å². The van der Waals surface area contributed by atoms with E-state index in [9.17, 15) is 4.79 Å². The lowest BCUT2D eigenvalue weighted by molar-refractivity contribution is -0.123. The van der Waals surface area contributed by atoms with Crippen LogP contribution in [0.1, 0.15) is 43.7 Å². The van der Waals surface area contributed by atoms with Crippen LogP contribution in [-0.2, 0) is 10.3 Å². The second-order valence-corrected chi connectivity index (χ2v) is 7.09. The molecule has 1 saturated carbocycles. The smallest absolute Gasteiger partial charge is 0.220 e. The molecule has 0 unspecified atom stereocenters. The summed E-state index contributed by atoms with van der Waals surface area (Å²) < 4.78 is 5.43. The first kappa shape index (κ1) is 16.6. The fraction of sp³-hybridized carbons (Fsp3) is 0.381. The molecule has 24 heavy (non-hydrogen) atoms. The lowest BCUT2D eigenvalue weighted by Gasteiger charge is -2.28. The Balaban J connectivity index is 1.61. The van der Waals surface area contributed by atoms with Crippen molar-refractivity contribution in [3.63, 3.8) is 0 Å². The Labute approximate surface area is 144 Å². The zero-order valence-electron chi connectivity index (χ0n) is 14.6. The molecule has 0 saturated heterocycles. The van der Waals surface area contributed by atoms with Gasteiger partial charge in [0.25, 0.3) is 0 Å². The molecule has 126 valence electrons. The van der Waals surface area contributed by atoms with Crippen molar-refractivity contribution in [3.8, 4) is 5.75 Å². The van der Waals surface area contributed by atoms with Gasteiger partial charge in [-0.3, -0.25) is 4.79 Å². The number of nitrogens with one attached hydrogen (secondary N) is 1. The fourth-order valence-corrected chi connectivity index (χ4v) is 3.45. The normalized spacial score (nSPS) is 19.6. The highest BCUT2D eigenvalue weighted by Gasteiger charge is 2.40. The Bertz CT molecular complexity index is 709. The predicted octanol–water partition coefficient (Wildman–Crippen LogP) is 4.24. The van der Waals surface area contributed by atoms with Crippen LogP contribution in [0.4, 0.5) is 0 Å². The van der Waals surface area contributed by atoms with E-state index in [0.717, 1.165) is 17.7 Å². The van der Waals surface area contributed by atoms with E-state index in [1.54, 1.807) is 7.11 Å². The minimum Gasteiger partial charge on any atom is -0.496 e. The Morgan fingerprint density at radius 3 is 2.50 bits per heavy atom. The van der Waals surface area contributed by atoms with Gasteiger partial charge in [-0.05, 0) is 43.7 Å². The Hall–Kier alpha value is -2.29. The van der Waals surface area contributed by atoms with Crippen LogP contribution in [-0.4, -0.2) is 13.0 Å². The van der Waals surface area contributed by atoms with Gasteiger partial charge in [0, 0.05) is 12.0 Å². The van der Waals surface area contributed by atoms with Gasteiger partial charge in [-0.15, -0.1) is 0 Å². The van der Waals surface area contributed by atoms with Crippen molar-refractivity contribution < 1.29 is 9.53 Å². The van der Waals surface area contributed by atoms with Crippen molar-refractivity contribution >= 4 is 5.91 Å². The summed E-state index contributed by atoms with van der Waals surface area (Å²) in [6, 6.07) is 18.3. The third-order valence-electron chi connectivity index (χ3n) is 4.83. The second-order valence-electron chi connectivity index (χ2n) is 7.09. The summed E-state index contributed by atoms with van der Waals surface area (Å²) in [5, 5.41) is 3.17. The number of hydrogen-bond acceptors (Lipinski definition) is 2. The molecule has 1 aliphatic rings. The maximum atomic E-state index is 12.5. The molecule has 3 nitrogen and oxygen atoms in total. The van der Waals surface area contributed by atoms with Gasteiger partial charge < -0.3 is 10.1 Å². The molecular formula is C21H25NO2. The summed E-state index contributed by atoms with van der Waals surface area (Å²) in [5.41, 5.74) is 1.89. The molecule has 2 atom stereocenters. The lowest BCUT2D eigenvalue weighted by atomic mass is 9.93. The zero-order chi connectivity index (χ0) is 17.2. The van der Waals surface area contributed by atoms with Gasteiger partial charge >= 0.3 is 0 Å². The summed E-state index contributed by atoms with van der Waals surface area (Å²) in [6.07, 6.45) is 1.69. The fourth-order valence-electron chi connectivity index (χ4n) is 3.45. The van der Waals surface area contributed by atoms with Crippen molar-refractivity contribution in [2.24, 2.45) is 5.92 Å². The third-order valence-corrected chi connectivity index (χ3v) is 4.83. The van der Waals surface area contributed by atoms with E-state index >= 15 is 0 Å². The molecular weight excluding hydrogens is 298 g/mol. The van der Waals surface area contributed by atoms with Crippen LogP contribution in [0.5, 0.6) is 5.75 Å². The molecule has 2 aromatic carbocycles. The van der Waals surface area contributed by atoms with Gasteiger partial charge in [0.05, 0.1) is 12.6 Å². The molecule has 1 N–H and O–H groups in total. The van der Waals surface area contributed by atoms with Crippen LogP contribution in [0, 0.1) is 5.92 Å². The van der Waals surface area contributed by atoms with E-state index in [1.807, 2.05) is 44.2 Å². The van der Waals surface area contributed by atoms with Crippen LogP contribution in [0.3, 0.4) is 0 Å². The Kier molecular flexibility index (Phi) is 4.61. The standard InChI is InChI=1S/C21H25NO2/c1-21(2,18-11-7-8-12-19(18)24-3)22-20(23)14-16-13-17(16)15-9-5-4-6-10-15/h4-12,16-17H,13-14H2,1-3H3,(H,22,23)/t16-,17-/m0/s1. The van der Waals surface area contributed by atoms with Crippen molar-refractivity contribution in [2.75, 3.05) is 7.11 Å². The Morgan fingerprint density at radius 1 is 1.12 bits per heavy atom. The average Bonchev–Trinajstić information content (AvgIpc) is 3.34. The van der Waals surface area contributed by atoms with E-state index in [0.29, 0.717) is 18.3 Å². The minimum absolute atomic E-state index is 0.106. The van der Waals surface area contributed by atoms with Crippen molar-refractivity contribution in [3.05, 3.63) is 65.7 Å². The summed E-state index contributed by atoms with van der Waals surface area (Å²) in [7, 11) is 1.66. The van der Waals surface area contributed by atoms with Gasteiger partial charge in [-0.2, -0.15) is 0 Å². The van der Waals surface area contributed by atoms with Gasteiger partial charge in [0.15, 0.2) is 0 Å². The van der Waals surface area contributed by atoms with Crippen LogP contribution in [0.2, 0.25) is 0 Å². The monoisotopic (exact) mass is 323 g/mol. The number of benzene rings is 2. The number of amides is 1. The maximum Gasteiger partial charge on any atom is 0.220 e. The van der Waals surface area contributed by atoms with E-state index < -0.39 is 5.54 Å². The SMILES string of the molecule is COc1ccccc1C(C)(C)NC(=O)C[C@@H]1C[C@H]1c1ccccc1. The van der Waals surface area contributed by atoms with Crippen LogP contribution < -0.4 is 10.1 Å². The molecule has 0 bridgehead atoms. The number of para-hydroxylation sites is 1. The molecule has 0 heterocycles. The largest absolute Gasteiger partial charge is 0.496 e. The highest BCUT2D eigenvalue weighted by atomic mass is 16.5. The first-order valence-electron chi connectivity index (χ1n) is 8.50. The molecule has 0 aliphatic heterocycles. The zero-order valence-corrected chi connectivity index (χ0v) is 14.6. The summed E-state index contributed by atoms with van der Waals surface area (Å²) in [5.74, 6) is 1.90. The van der Waals surface area contributed by atoms with Crippen molar-refractivity contribution in [2.45, 2.75) is 38.1 Å². The van der Waals surface area contributed by atoms with E-state index in [-0.39, 0.29) is 5.91 Å². The van der Waals surface area contributed by atoms with E-state index in [4.69, 9.17) is 4.74 Å². The topological polar surface area (TPSA) is 38.3 Å². The first-order valence-corrected chi connectivity index (χ1v) is 8.50. The summed E-state index contributed by atoms with van der Waals surface area (Å²) in [6.45, 7) is 4.04. The van der Waals surface area contributed by atoms with Gasteiger partial charge in [-0.25, -0.2) is 0 Å².